The van der Waals surface area contributed by atoms with Gasteiger partial charge >= 0.3 is 0 Å². The Kier molecular flexibility index (Phi) is 2.54. The first-order valence-corrected chi connectivity index (χ1v) is 4.92. The van der Waals surface area contributed by atoms with Crippen LogP contribution in [0, 0.1) is 5.82 Å². The van der Waals surface area contributed by atoms with Crippen molar-refractivity contribution in [3.8, 4) is 0 Å². The third-order valence-corrected chi connectivity index (χ3v) is 2.48. The van der Waals surface area contributed by atoms with E-state index in [4.69, 9.17) is 29.6 Å². The van der Waals surface area contributed by atoms with Crippen molar-refractivity contribution in [2.45, 2.75) is 0 Å². The zero-order valence-corrected chi connectivity index (χ0v) is 9.07. The van der Waals surface area contributed by atoms with E-state index in [9.17, 15) is 4.39 Å². The molecule has 1 aromatic carbocycles. The van der Waals surface area contributed by atoms with Crippen LogP contribution in [0.25, 0.3) is 10.9 Å². The van der Waals surface area contributed by atoms with Gasteiger partial charge in [-0.15, -0.1) is 0 Å². The van der Waals surface area contributed by atoms with E-state index in [1.54, 1.807) is 12.1 Å². The molecule has 76 valence electrons. The van der Waals surface area contributed by atoms with Crippen LogP contribution in [-0.4, -0.2) is 9.97 Å². The van der Waals surface area contributed by atoms with Crippen LogP contribution in [0.4, 0.5) is 4.39 Å². The molecule has 2 rings (SSSR count). The molecule has 0 aliphatic rings. The fraction of sp³-hybridized carbons (Fsp3) is 0. The highest BCUT2D eigenvalue weighted by molar-refractivity contribution is 7.80. The van der Waals surface area contributed by atoms with Crippen LogP contribution in [0.5, 0.6) is 0 Å². The van der Waals surface area contributed by atoms with Crippen LogP contribution >= 0.6 is 23.8 Å². The number of fused-ring (bicyclic) bond motifs is 1. The maximum absolute atomic E-state index is 13.1. The van der Waals surface area contributed by atoms with E-state index in [1.165, 1.54) is 12.1 Å². The summed E-state index contributed by atoms with van der Waals surface area (Å²) < 4.78 is 13.1. The summed E-state index contributed by atoms with van der Waals surface area (Å²) in [5.41, 5.74) is 6.51. The zero-order valence-electron chi connectivity index (χ0n) is 7.50. The third kappa shape index (κ3) is 1.91. The van der Waals surface area contributed by atoms with Gasteiger partial charge in [0.1, 0.15) is 10.8 Å². The van der Waals surface area contributed by atoms with E-state index in [2.05, 4.69) is 4.98 Å². The van der Waals surface area contributed by atoms with Gasteiger partial charge in [-0.05, 0) is 18.2 Å². The first-order valence-electron chi connectivity index (χ1n) is 4.13. The number of hydrogen-bond acceptors (Lipinski definition) is 2. The molecular weight excluding hydrogens is 235 g/mol. The molecule has 2 nitrogen and oxygen atoms in total. The van der Waals surface area contributed by atoms with Gasteiger partial charge in [0.2, 0.25) is 0 Å². The minimum absolute atomic E-state index is 0.0371. The lowest BCUT2D eigenvalue weighted by Gasteiger charge is -2.02. The van der Waals surface area contributed by atoms with Crippen LogP contribution in [-0.2, 0) is 0 Å². The molecular formula is C10H6ClFN2S. The predicted molar refractivity (Wildman–Crippen MR) is 62.6 cm³/mol. The van der Waals surface area contributed by atoms with Gasteiger partial charge in [-0.3, -0.25) is 0 Å². The average molecular weight is 241 g/mol. The van der Waals surface area contributed by atoms with E-state index in [0.717, 1.165) is 0 Å². The van der Waals surface area contributed by atoms with Crippen molar-refractivity contribution < 1.29 is 4.39 Å². The minimum Gasteiger partial charge on any atom is -0.388 e. The van der Waals surface area contributed by atoms with Crippen molar-refractivity contribution in [2.24, 2.45) is 5.73 Å². The van der Waals surface area contributed by atoms with E-state index in [-0.39, 0.29) is 10.0 Å². The second-order valence-corrected chi connectivity index (χ2v) is 3.87. The van der Waals surface area contributed by atoms with Crippen LogP contribution in [0.15, 0.2) is 24.3 Å². The molecule has 0 radical (unpaired) electrons. The Bertz CT molecular complexity index is 556. The minimum atomic E-state index is -0.464. The first-order chi connectivity index (χ1) is 7.08. The van der Waals surface area contributed by atoms with Gasteiger partial charge in [0.25, 0.3) is 0 Å². The predicted octanol–water partition coefficient (Wildman–Crippen LogP) is 2.66. The maximum Gasteiger partial charge on any atom is 0.142 e. The zero-order chi connectivity index (χ0) is 11.0. The van der Waals surface area contributed by atoms with Crippen LogP contribution < -0.4 is 5.73 Å². The van der Waals surface area contributed by atoms with Crippen molar-refractivity contribution in [1.82, 2.24) is 4.98 Å². The summed E-state index contributed by atoms with van der Waals surface area (Å²) in [4.78, 5) is 4.37. The highest BCUT2D eigenvalue weighted by atomic mass is 35.5. The Morgan fingerprint density at radius 3 is 2.80 bits per heavy atom. The fourth-order valence-electron chi connectivity index (χ4n) is 1.26. The molecule has 15 heavy (non-hydrogen) atoms. The lowest BCUT2D eigenvalue weighted by molar-refractivity contribution is 0.630. The summed E-state index contributed by atoms with van der Waals surface area (Å²) in [6, 6.07) is 6.14. The summed E-state index contributed by atoms with van der Waals surface area (Å²) in [5, 5.41) is 0.701. The smallest absolute Gasteiger partial charge is 0.142 e. The second-order valence-electron chi connectivity index (χ2n) is 3.02. The summed E-state index contributed by atoms with van der Waals surface area (Å²) in [6.07, 6.45) is 0. The number of benzene rings is 1. The number of pyridine rings is 1. The van der Waals surface area contributed by atoms with E-state index in [1.807, 2.05) is 0 Å². The van der Waals surface area contributed by atoms with Crippen molar-refractivity contribution in [3.63, 3.8) is 0 Å². The molecule has 0 unspecified atom stereocenters. The number of thiocarbonyl (C=S) groups is 1. The van der Waals surface area contributed by atoms with Crippen LogP contribution in [0.3, 0.4) is 0 Å². The SMILES string of the molecule is NC(=S)c1ccc2cc(F)c(Cl)cc2n1. The Morgan fingerprint density at radius 1 is 1.40 bits per heavy atom. The Labute approximate surface area is 95.9 Å². The number of rotatable bonds is 1. The Balaban J connectivity index is 2.72. The summed E-state index contributed by atoms with van der Waals surface area (Å²) in [7, 11) is 0. The van der Waals surface area contributed by atoms with Gasteiger partial charge in [0, 0.05) is 5.39 Å². The molecule has 0 saturated carbocycles. The lowest BCUT2D eigenvalue weighted by Crippen LogP contribution is -2.11. The second kappa shape index (κ2) is 3.72. The number of hydrogen-bond donors (Lipinski definition) is 1. The number of halogens is 2. The molecule has 1 aromatic heterocycles. The van der Waals surface area contributed by atoms with E-state index < -0.39 is 5.82 Å². The molecule has 0 aliphatic carbocycles. The summed E-state index contributed by atoms with van der Waals surface area (Å²) >= 11 is 10.4. The van der Waals surface area contributed by atoms with Crippen LogP contribution in [0.1, 0.15) is 5.69 Å². The molecule has 0 spiro atoms. The molecule has 0 amide bonds. The molecule has 0 bridgehead atoms. The quantitative estimate of drug-likeness (QED) is 0.779. The molecule has 2 N–H and O–H groups in total. The highest BCUT2D eigenvalue weighted by Crippen LogP contribution is 2.21. The highest BCUT2D eigenvalue weighted by Gasteiger charge is 2.05. The van der Waals surface area contributed by atoms with Crippen molar-refractivity contribution in [2.75, 3.05) is 0 Å². The van der Waals surface area contributed by atoms with E-state index >= 15 is 0 Å². The largest absolute Gasteiger partial charge is 0.388 e. The molecule has 0 aliphatic heterocycles. The van der Waals surface area contributed by atoms with E-state index in [0.29, 0.717) is 16.6 Å². The number of nitrogens with zero attached hydrogens (tertiary/aromatic N) is 1. The van der Waals surface area contributed by atoms with Crippen LogP contribution in [0.2, 0.25) is 5.02 Å². The Hall–Kier alpha value is -1.26. The Morgan fingerprint density at radius 2 is 2.13 bits per heavy atom. The van der Waals surface area contributed by atoms with Gasteiger partial charge in [0.05, 0.1) is 16.2 Å². The molecule has 5 heteroatoms. The monoisotopic (exact) mass is 240 g/mol. The van der Waals surface area contributed by atoms with Gasteiger partial charge in [0.15, 0.2) is 0 Å². The van der Waals surface area contributed by atoms with Crippen molar-refractivity contribution in [3.05, 3.63) is 40.8 Å². The van der Waals surface area contributed by atoms with Crippen molar-refractivity contribution in [1.29, 1.82) is 0 Å². The number of aromatic nitrogens is 1. The maximum atomic E-state index is 13.1. The first kappa shape index (κ1) is 10.3. The third-order valence-electron chi connectivity index (χ3n) is 1.98. The molecule has 0 saturated heterocycles. The average Bonchev–Trinajstić information content (AvgIpc) is 2.19. The standard InChI is InChI=1S/C10H6ClFN2S/c11-6-4-9-5(3-7(6)12)1-2-8(14-9)10(13)15/h1-4H,(H2,13,15). The lowest BCUT2D eigenvalue weighted by atomic mass is 10.2. The summed E-state index contributed by atoms with van der Waals surface area (Å²) in [5.74, 6) is -0.464. The molecule has 2 aromatic rings. The molecule has 0 fully saturated rings. The van der Waals surface area contributed by atoms with Gasteiger partial charge < -0.3 is 5.73 Å². The molecule has 1 heterocycles. The van der Waals surface area contributed by atoms with Gasteiger partial charge in [-0.25, -0.2) is 9.37 Å². The normalized spacial score (nSPS) is 10.5. The van der Waals surface area contributed by atoms with Crippen molar-refractivity contribution >= 4 is 39.7 Å². The fourth-order valence-corrected chi connectivity index (χ4v) is 1.53. The summed E-state index contributed by atoms with van der Waals surface area (Å²) in [6.45, 7) is 0. The van der Waals surface area contributed by atoms with Gasteiger partial charge in [-0.1, -0.05) is 29.9 Å². The topological polar surface area (TPSA) is 38.9 Å². The van der Waals surface area contributed by atoms with Gasteiger partial charge in [-0.2, -0.15) is 0 Å². The molecule has 0 atom stereocenters. The number of nitrogens with two attached hydrogens (primary N) is 1.